The molecule has 2 aromatic rings. The Labute approximate surface area is 107 Å². The Kier molecular flexibility index (Phi) is 4.17. The van der Waals surface area contributed by atoms with E-state index >= 15 is 0 Å². The lowest BCUT2D eigenvalue weighted by Gasteiger charge is -1.95. The normalized spacial score (nSPS) is 9.31. The van der Waals surface area contributed by atoms with Crippen LogP contribution in [0.4, 0.5) is 0 Å². The molecule has 0 aliphatic rings. The number of pyridine rings is 1. The van der Waals surface area contributed by atoms with Crippen molar-refractivity contribution in [2.75, 3.05) is 0 Å². The van der Waals surface area contributed by atoms with Gasteiger partial charge in [-0.3, -0.25) is 0 Å². The molecule has 2 rings (SSSR count). The van der Waals surface area contributed by atoms with E-state index in [0.29, 0.717) is 0 Å². The van der Waals surface area contributed by atoms with Crippen LogP contribution in [0.1, 0.15) is 0 Å². The number of hydrogen-bond donors (Lipinski definition) is 0. The summed E-state index contributed by atoms with van der Waals surface area (Å²) in [5, 5.41) is 1.16. The van der Waals surface area contributed by atoms with Gasteiger partial charge in [0.15, 0.2) is 29.2 Å². The van der Waals surface area contributed by atoms with E-state index in [2.05, 4.69) is 4.98 Å². The Morgan fingerprint density at radius 2 is 1.92 bits per heavy atom. The quantitative estimate of drug-likeness (QED) is 0.588. The molecule has 0 spiro atoms. The van der Waals surface area contributed by atoms with E-state index in [-0.39, 0.29) is 24.0 Å². The molecule has 0 bridgehead atoms. The van der Waals surface area contributed by atoms with Crippen LogP contribution in [-0.4, -0.2) is 0 Å². The van der Waals surface area contributed by atoms with E-state index in [9.17, 15) is 0 Å². The number of aromatic amines is 1. The highest BCUT2D eigenvalue weighted by atomic mass is 127. The summed E-state index contributed by atoms with van der Waals surface area (Å²) in [6, 6.07) is 9.98. The standard InChI is InChI=1S/C9H6INO.HI/c10-12-8-5-1-3-7-4-2-6-11-9(7)8;/h1-6H;1H. The van der Waals surface area contributed by atoms with Crippen LogP contribution in [0, 0.1) is 0 Å². The van der Waals surface area contributed by atoms with E-state index in [0.717, 1.165) is 16.7 Å². The highest BCUT2D eigenvalue weighted by Crippen LogP contribution is 2.21. The van der Waals surface area contributed by atoms with Gasteiger partial charge in [-0.1, -0.05) is 6.07 Å². The van der Waals surface area contributed by atoms with E-state index in [1.807, 2.05) is 59.5 Å². The summed E-state index contributed by atoms with van der Waals surface area (Å²) in [4.78, 5) is 3.14. The van der Waals surface area contributed by atoms with Crippen LogP contribution in [0.25, 0.3) is 10.9 Å². The van der Waals surface area contributed by atoms with Crippen LogP contribution in [0.2, 0.25) is 0 Å². The third-order valence-corrected chi connectivity index (χ3v) is 2.22. The molecule has 1 aromatic carbocycles. The number of rotatable bonds is 1. The predicted octanol–water partition coefficient (Wildman–Crippen LogP) is -0.613. The number of fused-ring (bicyclic) bond motifs is 1. The van der Waals surface area contributed by atoms with Crippen LogP contribution in [0.5, 0.6) is 5.75 Å². The third-order valence-electron chi connectivity index (χ3n) is 1.74. The minimum atomic E-state index is 0. The summed E-state index contributed by atoms with van der Waals surface area (Å²) < 4.78 is 5.17. The second-order valence-electron chi connectivity index (χ2n) is 2.47. The van der Waals surface area contributed by atoms with Gasteiger partial charge in [0.1, 0.15) is 0 Å². The van der Waals surface area contributed by atoms with Gasteiger partial charge in [0, 0.05) is 6.07 Å². The van der Waals surface area contributed by atoms with E-state index in [4.69, 9.17) is 3.07 Å². The number of H-pyrrole nitrogens is 1. The van der Waals surface area contributed by atoms with Crippen molar-refractivity contribution in [1.82, 2.24) is 0 Å². The molecule has 0 fully saturated rings. The molecule has 2 nitrogen and oxygen atoms in total. The molecule has 1 N–H and O–H groups in total. The number of benzene rings is 1. The lowest BCUT2D eigenvalue weighted by Crippen LogP contribution is -3.00. The average molecular weight is 399 g/mol. The molecule has 4 heteroatoms. The number of nitrogens with one attached hydrogen (secondary N) is 1. The molecule has 0 saturated carbocycles. The molecule has 0 radical (unpaired) electrons. The maximum atomic E-state index is 5.17. The Hall–Kier alpha value is -0.110. The van der Waals surface area contributed by atoms with Crippen molar-refractivity contribution < 1.29 is 32.0 Å². The van der Waals surface area contributed by atoms with Crippen LogP contribution in [0.3, 0.4) is 0 Å². The Bertz CT molecular complexity index is 400. The summed E-state index contributed by atoms with van der Waals surface area (Å²) in [6.45, 7) is 0. The second kappa shape index (κ2) is 4.94. The van der Waals surface area contributed by atoms with Crippen molar-refractivity contribution in [1.29, 1.82) is 0 Å². The summed E-state index contributed by atoms with van der Waals surface area (Å²) >= 11 is 1.88. The molecule has 1 aromatic heterocycles. The third kappa shape index (κ3) is 2.22. The SMILES string of the molecule is IOc1cccc2ccc[nH+]c12.[I-]. The Morgan fingerprint density at radius 3 is 2.69 bits per heavy atom. The van der Waals surface area contributed by atoms with E-state index < -0.39 is 0 Å². The zero-order valence-corrected chi connectivity index (χ0v) is 10.9. The van der Waals surface area contributed by atoms with Crippen molar-refractivity contribution in [3.05, 3.63) is 36.5 Å². The van der Waals surface area contributed by atoms with Gasteiger partial charge in [-0.25, -0.2) is 4.98 Å². The lowest BCUT2D eigenvalue weighted by atomic mass is 10.2. The average Bonchev–Trinajstić information content (AvgIpc) is 2.17. The molecule has 0 saturated heterocycles. The van der Waals surface area contributed by atoms with Gasteiger partial charge < -0.3 is 27.0 Å². The number of halogens is 2. The van der Waals surface area contributed by atoms with Gasteiger partial charge in [-0.05, 0) is 18.2 Å². The van der Waals surface area contributed by atoms with Crippen molar-refractivity contribution in [2.45, 2.75) is 0 Å². The molecular formula is C9H7I2NO. The smallest absolute Gasteiger partial charge is 0.254 e. The first-order valence-corrected chi connectivity index (χ1v) is 4.48. The first-order chi connectivity index (χ1) is 5.92. The molecule has 1 heterocycles. The number of hydrogen-bond acceptors (Lipinski definition) is 1. The first kappa shape index (κ1) is 11.0. The second-order valence-corrected chi connectivity index (χ2v) is 2.91. The zero-order valence-electron chi connectivity index (χ0n) is 6.63. The Balaban J connectivity index is 0.000000845. The van der Waals surface area contributed by atoms with Crippen molar-refractivity contribution in [3.8, 4) is 5.75 Å². The van der Waals surface area contributed by atoms with Gasteiger partial charge in [0.05, 0.1) is 5.39 Å². The van der Waals surface area contributed by atoms with Gasteiger partial charge in [-0.2, -0.15) is 0 Å². The maximum Gasteiger partial charge on any atom is 0.254 e. The van der Waals surface area contributed by atoms with Crippen molar-refractivity contribution in [3.63, 3.8) is 0 Å². The summed E-state index contributed by atoms with van der Waals surface area (Å²) in [7, 11) is 0. The molecule has 0 amide bonds. The highest BCUT2D eigenvalue weighted by Gasteiger charge is 2.05. The van der Waals surface area contributed by atoms with Crippen LogP contribution >= 0.6 is 23.0 Å². The van der Waals surface area contributed by atoms with E-state index in [1.165, 1.54) is 0 Å². The zero-order chi connectivity index (χ0) is 8.39. The number of para-hydroxylation sites is 1. The van der Waals surface area contributed by atoms with Gasteiger partial charge >= 0.3 is 0 Å². The Morgan fingerprint density at radius 1 is 1.15 bits per heavy atom. The molecule has 68 valence electrons. The fraction of sp³-hybridized carbons (Fsp3) is 0. The van der Waals surface area contributed by atoms with Gasteiger partial charge in [0.25, 0.3) is 5.52 Å². The minimum absolute atomic E-state index is 0. The lowest BCUT2D eigenvalue weighted by molar-refractivity contribution is -0.345. The fourth-order valence-corrected chi connectivity index (χ4v) is 1.56. The summed E-state index contributed by atoms with van der Waals surface area (Å²) in [6.07, 6.45) is 1.89. The monoisotopic (exact) mass is 399 g/mol. The van der Waals surface area contributed by atoms with Crippen LogP contribution < -0.4 is 32.0 Å². The van der Waals surface area contributed by atoms with Crippen molar-refractivity contribution in [2.24, 2.45) is 0 Å². The first-order valence-electron chi connectivity index (χ1n) is 3.60. The largest absolute Gasteiger partial charge is 1.00 e. The van der Waals surface area contributed by atoms with Crippen molar-refractivity contribution >= 4 is 33.9 Å². The van der Waals surface area contributed by atoms with Gasteiger partial charge in [0.2, 0.25) is 5.75 Å². The molecule has 0 unspecified atom stereocenters. The topological polar surface area (TPSA) is 23.4 Å². The van der Waals surface area contributed by atoms with Crippen LogP contribution in [-0.2, 0) is 0 Å². The summed E-state index contributed by atoms with van der Waals surface area (Å²) in [5.41, 5.74) is 1.04. The highest BCUT2D eigenvalue weighted by molar-refractivity contribution is 14.1. The van der Waals surface area contributed by atoms with E-state index in [1.54, 1.807) is 0 Å². The molecule has 0 aliphatic carbocycles. The molecule has 0 atom stereocenters. The van der Waals surface area contributed by atoms with Crippen LogP contribution in [0.15, 0.2) is 36.5 Å². The number of aromatic nitrogens is 1. The minimum Gasteiger partial charge on any atom is -1.00 e. The predicted molar refractivity (Wildman–Crippen MR) is 55.2 cm³/mol. The fourth-order valence-electron chi connectivity index (χ4n) is 1.19. The summed E-state index contributed by atoms with van der Waals surface area (Å²) in [5.74, 6) is 0.869. The van der Waals surface area contributed by atoms with Gasteiger partial charge in [-0.15, -0.1) is 0 Å². The molecule has 0 aliphatic heterocycles. The maximum absolute atomic E-state index is 5.17. The molecule has 13 heavy (non-hydrogen) atoms. The molecular weight excluding hydrogens is 392 g/mol.